The number of carboxylic acids is 1. The van der Waals surface area contributed by atoms with Gasteiger partial charge < -0.3 is 10.0 Å². The largest absolute Gasteiger partial charge is 0.481 e. The van der Waals surface area contributed by atoms with Crippen LogP contribution in [0.1, 0.15) is 77.6 Å². The van der Waals surface area contributed by atoms with Gasteiger partial charge in [0.05, 0.1) is 5.41 Å². The number of carboxylic acid groups (broad SMARTS) is 1. The number of amides is 1. The summed E-state index contributed by atoms with van der Waals surface area (Å²) in [7, 11) is 0. The molecule has 120 valence electrons. The summed E-state index contributed by atoms with van der Waals surface area (Å²) in [5.74, 6) is -0.683. The molecule has 1 aliphatic heterocycles. The Balaban J connectivity index is 2.05. The van der Waals surface area contributed by atoms with E-state index in [0.717, 1.165) is 51.5 Å². The number of rotatable bonds is 5. The van der Waals surface area contributed by atoms with Crippen molar-refractivity contribution in [1.29, 1.82) is 0 Å². The fourth-order valence-electron chi connectivity index (χ4n) is 4.05. The van der Waals surface area contributed by atoms with E-state index in [9.17, 15) is 14.7 Å². The average Bonchev–Trinajstić information content (AvgIpc) is 2.49. The summed E-state index contributed by atoms with van der Waals surface area (Å²) in [6, 6.07) is 0.339. The van der Waals surface area contributed by atoms with Crippen molar-refractivity contribution >= 4 is 11.9 Å². The number of likely N-dealkylation sites (tertiary alicyclic amines) is 1. The molecule has 2 rings (SSSR count). The molecule has 0 radical (unpaired) electrons. The molecule has 1 heterocycles. The first-order valence-electron chi connectivity index (χ1n) is 8.62. The van der Waals surface area contributed by atoms with E-state index < -0.39 is 11.4 Å². The van der Waals surface area contributed by atoms with Crippen molar-refractivity contribution in [2.24, 2.45) is 5.41 Å². The van der Waals surface area contributed by atoms with E-state index >= 15 is 0 Å². The van der Waals surface area contributed by atoms with Crippen molar-refractivity contribution in [2.75, 3.05) is 6.54 Å². The maximum Gasteiger partial charge on any atom is 0.310 e. The molecule has 21 heavy (non-hydrogen) atoms. The second-order valence-electron chi connectivity index (χ2n) is 6.85. The van der Waals surface area contributed by atoms with Gasteiger partial charge in [0.1, 0.15) is 0 Å². The molecule has 1 saturated heterocycles. The van der Waals surface area contributed by atoms with Crippen LogP contribution in [-0.4, -0.2) is 34.5 Å². The zero-order chi connectivity index (χ0) is 15.3. The Hall–Kier alpha value is -1.06. The zero-order valence-electron chi connectivity index (χ0n) is 13.3. The minimum Gasteiger partial charge on any atom is -0.481 e. The van der Waals surface area contributed by atoms with E-state index in [1.54, 1.807) is 0 Å². The van der Waals surface area contributed by atoms with Crippen LogP contribution in [0.2, 0.25) is 0 Å². The van der Waals surface area contributed by atoms with Crippen molar-refractivity contribution < 1.29 is 14.7 Å². The third-order valence-electron chi connectivity index (χ3n) is 5.32. The van der Waals surface area contributed by atoms with Gasteiger partial charge in [0.25, 0.3) is 0 Å². The minimum absolute atomic E-state index is 0.0810. The number of hydrogen-bond donors (Lipinski definition) is 1. The molecule has 0 aromatic rings. The highest BCUT2D eigenvalue weighted by Gasteiger charge is 2.43. The van der Waals surface area contributed by atoms with E-state index in [1.807, 2.05) is 4.90 Å². The van der Waals surface area contributed by atoms with Gasteiger partial charge in [0.2, 0.25) is 5.91 Å². The summed E-state index contributed by atoms with van der Waals surface area (Å²) < 4.78 is 0. The molecule has 1 atom stereocenters. The first-order valence-corrected chi connectivity index (χ1v) is 8.62. The monoisotopic (exact) mass is 295 g/mol. The van der Waals surface area contributed by atoms with E-state index in [4.69, 9.17) is 0 Å². The Kier molecular flexibility index (Phi) is 5.65. The SMILES string of the molecule is CCCC1CCCCN1C(=O)CC1(C(=O)O)CCCCC1. The third kappa shape index (κ3) is 3.78. The third-order valence-corrected chi connectivity index (χ3v) is 5.32. The number of carbonyl (C=O) groups excluding carboxylic acids is 1. The van der Waals surface area contributed by atoms with Crippen molar-refractivity contribution in [1.82, 2.24) is 4.90 Å². The Morgan fingerprint density at radius 2 is 1.86 bits per heavy atom. The lowest BCUT2D eigenvalue weighted by Crippen LogP contribution is -2.47. The Morgan fingerprint density at radius 1 is 1.14 bits per heavy atom. The van der Waals surface area contributed by atoms with Gasteiger partial charge in [-0.15, -0.1) is 0 Å². The fraction of sp³-hybridized carbons (Fsp3) is 0.882. The predicted molar refractivity (Wildman–Crippen MR) is 82.0 cm³/mol. The molecule has 2 fully saturated rings. The normalized spacial score (nSPS) is 25.6. The Morgan fingerprint density at radius 3 is 2.48 bits per heavy atom. The van der Waals surface area contributed by atoms with Crippen molar-refractivity contribution in [2.45, 2.75) is 83.6 Å². The Bertz CT molecular complexity index is 372. The van der Waals surface area contributed by atoms with Gasteiger partial charge in [-0.05, 0) is 38.5 Å². The van der Waals surface area contributed by atoms with Crippen LogP contribution in [0.15, 0.2) is 0 Å². The lowest BCUT2D eigenvalue weighted by Gasteiger charge is -2.39. The second-order valence-corrected chi connectivity index (χ2v) is 6.85. The summed E-state index contributed by atoms with van der Waals surface area (Å²) in [6.07, 6.45) is 10.00. The van der Waals surface area contributed by atoms with Gasteiger partial charge in [-0.2, -0.15) is 0 Å². The molecule has 1 N–H and O–H groups in total. The molecule has 1 unspecified atom stereocenters. The summed E-state index contributed by atoms with van der Waals surface area (Å²) in [5.41, 5.74) is -0.788. The summed E-state index contributed by atoms with van der Waals surface area (Å²) in [5, 5.41) is 9.63. The van der Waals surface area contributed by atoms with Gasteiger partial charge in [0, 0.05) is 19.0 Å². The van der Waals surface area contributed by atoms with Crippen LogP contribution >= 0.6 is 0 Å². The van der Waals surface area contributed by atoms with Gasteiger partial charge >= 0.3 is 5.97 Å². The number of hydrogen-bond acceptors (Lipinski definition) is 2. The maximum absolute atomic E-state index is 12.7. The first-order chi connectivity index (χ1) is 10.1. The topological polar surface area (TPSA) is 57.6 Å². The van der Waals surface area contributed by atoms with Crippen LogP contribution < -0.4 is 0 Å². The molecule has 0 aromatic heterocycles. The van der Waals surface area contributed by atoms with Gasteiger partial charge in [-0.1, -0.05) is 32.6 Å². The molecule has 4 nitrogen and oxygen atoms in total. The molecule has 0 aromatic carbocycles. The van der Waals surface area contributed by atoms with Crippen molar-refractivity contribution in [3.63, 3.8) is 0 Å². The van der Waals surface area contributed by atoms with Crippen LogP contribution in [0.5, 0.6) is 0 Å². The number of carbonyl (C=O) groups is 2. The summed E-state index contributed by atoms with van der Waals surface area (Å²) in [6.45, 7) is 2.97. The Labute approximate surface area is 127 Å². The van der Waals surface area contributed by atoms with E-state index in [1.165, 1.54) is 6.42 Å². The summed E-state index contributed by atoms with van der Waals surface area (Å²) in [4.78, 5) is 26.4. The van der Waals surface area contributed by atoms with Crippen LogP contribution in [0.3, 0.4) is 0 Å². The molecule has 2 aliphatic rings. The van der Waals surface area contributed by atoms with E-state index in [0.29, 0.717) is 18.9 Å². The van der Waals surface area contributed by atoms with Crippen LogP contribution in [-0.2, 0) is 9.59 Å². The fourth-order valence-corrected chi connectivity index (χ4v) is 4.05. The smallest absolute Gasteiger partial charge is 0.310 e. The first kappa shape index (κ1) is 16.3. The van der Waals surface area contributed by atoms with Crippen molar-refractivity contribution in [3.05, 3.63) is 0 Å². The molecule has 1 saturated carbocycles. The predicted octanol–water partition coefficient (Wildman–Crippen LogP) is 3.59. The lowest BCUT2D eigenvalue weighted by molar-refractivity contribution is -0.157. The van der Waals surface area contributed by atoms with Gasteiger partial charge in [-0.3, -0.25) is 9.59 Å². The molecule has 0 spiro atoms. The second kappa shape index (κ2) is 7.28. The number of nitrogens with zero attached hydrogens (tertiary/aromatic N) is 1. The minimum atomic E-state index is -0.788. The number of piperidine rings is 1. The van der Waals surface area contributed by atoms with Crippen LogP contribution in [0.25, 0.3) is 0 Å². The standard InChI is InChI=1S/C17H29NO3/c1-2-8-14-9-4-7-12-18(14)15(19)13-17(16(20)21)10-5-3-6-11-17/h14H,2-13H2,1H3,(H,20,21). The molecular weight excluding hydrogens is 266 g/mol. The average molecular weight is 295 g/mol. The molecule has 4 heteroatoms. The molecule has 1 amide bonds. The quantitative estimate of drug-likeness (QED) is 0.843. The van der Waals surface area contributed by atoms with Crippen LogP contribution in [0, 0.1) is 5.41 Å². The zero-order valence-corrected chi connectivity index (χ0v) is 13.3. The van der Waals surface area contributed by atoms with Crippen molar-refractivity contribution in [3.8, 4) is 0 Å². The lowest BCUT2D eigenvalue weighted by atomic mass is 9.71. The van der Waals surface area contributed by atoms with Gasteiger partial charge in [-0.25, -0.2) is 0 Å². The highest BCUT2D eigenvalue weighted by molar-refractivity contribution is 5.85. The highest BCUT2D eigenvalue weighted by atomic mass is 16.4. The molecular formula is C17H29NO3. The molecule has 0 bridgehead atoms. The number of aliphatic carboxylic acids is 1. The van der Waals surface area contributed by atoms with E-state index in [2.05, 4.69) is 6.92 Å². The van der Waals surface area contributed by atoms with E-state index in [-0.39, 0.29) is 12.3 Å². The van der Waals surface area contributed by atoms with Gasteiger partial charge in [0.15, 0.2) is 0 Å². The molecule has 1 aliphatic carbocycles. The van der Waals surface area contributed by atoms with Crippen LogP contribution in [0.4, 0.5) is 0 Å². The maximum atomic E-state index is 12.7. The highest BCUT2D eigenvalue weighted by Crippen LogP contribution is 2.40. The summed E-state index contributed by atoms with van der Waals surface area (Å²) >= 11 is 0.